The minimum Gasteiger partial charge on any atom is -0.339 e. The van der Waals surface area contributed by atoms with Gasteiger partial charge in [0.2, 0.25) is 0 Å². The highest BCUT2D eigenvalue weighted by Gasteiger charge is 2.19. The molecule has 0 unspecified atom stereocenters. The van der Waals surface area contributed by atoms with Crippen molar-refractivity contribution in [1.82, 2.24) is 4.90 Å². The average molecular weight is 356 g/mol. The van der Waals surface area contributed by atoms with E-state index in [0.29, 0.717) is 11.3 Å². The molecule has 0 aromatic heterocycles. The molecule has 1 saturated heterocycles. The number of benzene rings is 2. The van der Waals surface area contributed by atoms with Crippen LogP contribution in [0.3, 0.4) is 0 Å². The Morgan fingerprint density at radius 1 is 0.960 bits per heavy atom. The zero-order valence-corrected chi connectivity index (χ0v) is 14.6. The second kappa shape index (κ2) is 7.53. The van der Waals surface area contributed by atoms with Crippen LogP contribution in [0.4, 0.5) is 5.69 Å². The lowest BCUT2D eigenvalue weighted by atomic mass is 10.2. The van der Waals surface area contributed by atoms with Crippen LogP contribution >= 0.6 is 0 Å². The number of amides is 1. The van der Waals surface area contributed by atoms with Gasteiger partial charge in [0, 0.05) is 24.3 Å². The van der Waals surface area contributed by atoms with Gasteiger partial charge in [-0.1, -0.05) is 30.3 Å². The van der Waals surface area contributed by atoms with Crippen LogP contribution in [-0.4, -0.2) is 32.3 Å². The molecule has 2 aromatic rings. The number of anilines is 1. The van der Waals surface area contributed by atoms with E-state index in [1.807, 2.05) is 35.2 Å². The number of nitrogens with one attached hydrogen (secondary N) is 1. The molecular weight excluding hydrogens is 336 g/mol. The molecule has 1 heterocycles. The summed E-state index contributed by atoms with van der Waals surface area (Å²) >= 11 is 0. The van der Waals surface area contributed by atoms with Crippen molar-refractivity contribution in [1.29, 1.82) is 0 Å². The molecular formula is C19H20N2O3S. The van der Waals surface area contributed by atoms with E-state index in [2.05, 4.69) is 4.72 Å². The van der Waals surface area contributed by atoms with Crippen molar-refractivity contribution in [3.8, 4) is 0 Å². The molecule has 1 aliphatic rings. The zero-order chi connectivity index (χ0) is 17.7. The summed E-state index contributed by atoms with van der Waals surface area (Å²) in [5, 5.41) is 1.13. The molecule has 1 fully saturated rings. The van der Waals surface area contributed by atoms with Crippen molar-refractivity contribution in [3.05, 3.63) is 71.1 Å². The summed E-state index contributed by atoms with van der Waals surface area (Å²) in [7, 11) is -3.61. The van der Waals surface area contributed by atoms with Crippen molar-refractivity contribution >= 4 is 27.7 Å². The lowest BCUT2D eigenvalue weighted by Gasteiger charge is -2.15. The Morgan fingerprint density at radius 3 is 2.24 bits per heavy atom. The van der Waals surface area contributed by atoms with Crippen molar-refractivity contribution in [2.24, 2.45) is 0 Å². The van der Waals surface area contributed by atoms with E-state index in [4.69, 9.17) is 0 Å². The fraction of sp³-hybridized carbons (Fsp3) is 0.211. The van der Waals surface area contributed by atoms with E-state index in [1.165, 1.54) is 6.08 Å². The number of carbonyl (C=O) groups excluding carboxylic acids is 1. The quantitative estimate of drug-likeness (QED) is 0.893. The maximum absolute atomic E-state index is 12.3. The Kier molecular flexibility index (Phi) is 5.19. The maximum atomic E-state index is 12.3. The number of likely N-dealkylation sites (tertiary alicyclic amines) is 1. The minimum absolute atomic E-state index is 0.00381. The first-order chi connectivity index (χ1) is 12.0. The second-order valence-corrected chi connectivity index (χ2v) is 7.50. The smallest absolute Gasteiger partial charge is 0.255 e. The van der Waals surface area contributed by atoms with Gasteiger partial charge in [0.05, 0.1) is 5.41 Å². The summed E-state index contributed by atoms with van der Waals surface area (Å²) in [6, 6.07) is 15.7. The molecule has 6 heteroatoms. The van der Waals surface area contributed by atoms with E-state index >= 15 is 0 Å². The molecule has 0 atom stereocenters. The fourth-order valence-corrected chi connectivity index (χ4v) is 3.58. The number of rotatable bonds is 5. The summed E-state index contributed by atoms with van der Waals surface area (Å²) in [6.45, 7) is 1.58. The van der Waals surface area contributed by atoms with Crippen LogP contribution in [0.15, 0.2) is 60.0 Å². The molecule has 130 valence electrons. The molecule has 0 saturated carbocycles. The van der Waals surface area contributed by atoms with E-state index < -0.39 is 10.0 Å². The lowest BCUT2D eigenvalue weighted by Crippen LogP contribution is -2.27. The standard InChI is InChI=1S/C19H20N2O3S/c22-19(21-13-4-5-14-21)17-8-10-18(11-9-17)20-25(23,24)15-12-16-6-2-1-3-7-16/h1-3,6-12,15,20H,4-5,13-14H2/b15-12+. The van der Waals surface area contributed by atoms with Crippen molar-refractivity contribution in [3.63, 3.8) is 0 Å². The van der Waals surface area contributed by atoms with Gasteiger partial charge in [-0.05, 0) is 48.7 Å². The number of carbonyl (C=O) groups is 1. The third-order valence-electron chi connectivity index (χ3n) is 4.02. The van der Waals surface area contributed by atoms with E-state index in [9.17, 15) is 13.2 Å². The van der Waals surface area contributed by atoms with Gasteiger partial charge in [-0.15, -0.1) is 0 Å². The molecule has 0 aliphatic carbocycles. The maximum Gasteiger partial charge on any atom is 0.255 e. The molecule has 25 heavy (non-hydrogen) atoms. The SMILES string of the molecule is O=C(c1ccc(NS(=O)(=O)/C=C/c2ccccc2)cc1)N1CCCC1. The third kappa shape index (κ3) is 4.70. The first-order valence-corrected chi connectivity index (χ1v) is 9.73. The average Bonchev–Trinajstić information content (AvgIpc) is 3.15. The number of sulfonamides is 1. The Morgan fingerprint density at radius 2 is 1.60 bits per heavy atom. The largest absolute Gasteiger partial charge is 0.339 e. The number of hydrogen-bond acceptors (Lipinski definition) is 3. The molecule has 5 nitrogen and oxygen atoms in total. The molecule has 0 radical (unpaired) electrons. The predicted octanol–water partition coefficient (Wildman–Crippen LogP) is 3.34. The Balaban J connectivity index is 1.66. The van der Waals surface area contributed by atoms with E-state index in [-0.39, 0.29) is 5.91 Å². The highest BCUT2D eigenvalue weighted by molar-refractivity contribution is 7.95. The Labute approximate surface area is 148 Å². The molecule has 1 aliphatic heterocycles. The highest BCUT2D eigenvalue weighted by atomic mass is 32.2. The van der Waals surface area contributed by atoms with Gasteiger partial charge in [-0.2, -0.15) is 0 Å². The summed E-state index contributed by atoms with van der Waals surface area (Å²) in [6.07, 6.45) is 3.61. The van der Waals surface area contributed by atoms with Gasteiger partial charge in [-0.25, -0.2) is 8.42 Å². The fourth-order valence-electron chi connectivity index (χ4n) is 2.71. The highest BCUT2D eigenvalue weighted by Crippen LogP contribution is 2.16. The zero-order valence-electron chi connectivity index (χ0n) is 13.8. The molecule has 0 bridgehead atoms. The summed E-state index contributed by atoms with van der Waals surface area (Å²) in [5.41, 5.74) is 1.81. The van der Waals surface area contributed by atoms with Crippen LogP contribution in [0.25, 0.3) is 6.08 Å². The van der Waals surface area contributed by atoms with Crippen LogP contribution in [-0.2, 0) is 10.0 Å². The van der Waals surface area contributed by atoms with Gasteiger partial charge in [0.25, 0.3) is 15.9 Å². The van der Waals surface area contributed by atoms with Gasteiger partial charge in [0.1, 0.15) is 0 Å². The predicted molar refractivity (Wildman–Crippen MR) is 99.6 cm³/mol. The van der Waals surface area contributed by atoms with Crippen LogP contribution in [0.2, 0.25) is 0 Å². The first-order valence-electron chi connectivity index (χ1n) is 8.19. The normalized spacial score (nSPS) is 14.8. The summed E-state index contributed by atoms with van der Waals surface area (Å²) in [5.74, 6) is -0.00381. The van der Waals surface area contributed by atoms with E-state index in [0.717, 1.165) is 36.9 Å². The summed E-state index contributed by atoms with van der Waals surface area (Å²) < 4.78 is 26.7. The van der Waals surface area contributed by atoms with Gasteiger partial charge >= 0.3 is 0 Å². The number of hydrogen-bond donors (Lipinski definition) is 1. The molecule has 2 aromatic carbocycles. The topological polar surface area (TPSA) is 66.5 Å². The number of nitrogens with zero attached hydrogens (tertiary/aromatic N) is 1. The van der Waals surface area contributed by atoms with Crippen LogP contribution in [0, 0.1) is 0 Å². The van der Waals surface area contributed by atoms with Crippen molar-refractivity contribution in [2.75, 3.05) is 17.8 Å². The molecule has 0 spiro atoms. The lowest BCUT2D eigenvalue weighted by molar-refractivity contribution is 0.0793. The molecule has 3 rings (SSSR count). The van der Waals surface area contributed by atoms with Crippen molar-refractivity contribution in [2.45, 2.75) is 12.8 Å². The summed E-state index contributed by atoms with van der Waals surface area (Å²) in [4.78, 5) is 14.1. The van der Waals surface area contributed by atoms with Gasteiger partial charge in [0.15, 0.2) is 0 Å². The Hall–Kier alpha value is -2.60. The van der Waals surface area contributed by atoms with Crippen LogP contribution in [0.5, 0.6) is 0 Å². The molecule has 1 N–H and O–H groups in total. The minimum atomic E-state index is -3.61. The van der Waals surface area contributed by atoms with Crippen LogP contribution in [0.1, 0.15) is 28.8 Å². The van der Waals surface area contributed by atoms with Crippen molar-refractivity contribution < 1.29 is 13.2 Å². The molecule has 1 amide bonds. The first kappa shape index (κ1) is 17.2. The van der Waals surface area contributed by atoms with Gasteiger partial charge < -0.3 is 4.90 Å². The second-order valence-electron chi connectivity index (χ2n) is 5.94. The monoisotopic (exact) mass is 356 g/mol. The van der Waals surface area contributed by atoms with Crippen LogP contribution < -0.4 is 4.72 Å². The van der Waals surface area contributed by atoms with E-state index in [1.54, 1.807) is 24.3 Å². The Bertz CT molecular complexity index is 853. The third-order valence-corrected chi connectivity index (χ3v) is 5.04. The van der Waals surface area contributed by atoms with Gasteiger partial charge in [-0.3, -0.25) is 9.52 Å².